The molecule has 1 aromatic rings. The van der Waals surface area contributed by atoms with Crippen LogP contribution in [0.25, 0.3) is 0 Å². The molecule has 0 spiro atoms. The number of sulfonamides is 1. The van der Waals surface area contributed by atoms with Crippen LogP contribution >= 0.6 is 0 Å². The summed E-state index contributed by atoms with van der Waals surface area (Å²) in [7, 11) is -2.26. The second kappa shape index (κ2) is 5.46. The highest BCUT2D eigenvalue weighted by molar-refractivity contribution is 7.89. The topological polar surface area (TPSA) is 46.6 Å². The van der Waals surface area contributed by atoms with Crippen LogP contribution in [-0.4, -0.2) is 32.9 Å². The second-order valence-corrected chi connectivity index (χ2v) is 6.84. The van der Waals surface area contributed by atoms with Gasteiger partial charge < -0.3 is 4.74 Å². The van der Waals surface area contributed by atoms with Gasteiger partial charge in [-0.1, -0.05) is 6.92 Å². The Hall–Kier alpha value is -1.14. The van der Waals surface area contributed by atoms with Crippen LogP contribution in [0.15, 0.2) is 23.1 Å². The molecule has 0 aromatic heterocycles. The van der Waals surface area contributed by atoms with E-state index in [1.807, 2.05) is 6.92 Å². The lowest BCUT2D eigenvalue weighted by molar-refractivity contribution is 0.281. The first kappa shape index (κ1) is 14.3. The molecule has 6 heteroatoms. The van der Waals surface area contributed by atoms with Gasteiger partial charge in [0.15, 0.2) is 11.6 Å². The second-order valence-electron chi connectivity index (χ2n) is 4.91. The standard InChI is InChI=1S/C13H18FNO3S/c1-10-4-3-7-15(9-10)19(16,17)11-5-6-13(18-2)12(14)8-11/h5-6,8,10H,3-4,7,9H2,1-2H3/t10-/m0/s1. The van der Waals surface area contributed by atoms with Gasteiger partial charge in [0.2, 0.25) is 10.0 Å². The number of halogens is 1. The van der Waals surface area contributed by atoms with Gasteiger partial charge in [-0.15, -0.1) is 0 Å². The van der Waals surface area contributed by atoms with Crippen molar-refractivity contribution in [1.29, 1.82) is 0 Å². The largest absolute Gasteiger partial charge is 0.494 e. The molecule has 4 nitrogen and oxygen atoms in total. The Morgan fingerprint density at radius 1 is 1.42 bits per heavy atom. The highest BCUT2D eigenvalue weighted by Gasteiger charge is 2.29. The quantitative estimate of drug-likeness (QED) is 0.856. The maximum Gasteiger partial charge on any atom is 0.243 e. The molecule has 2 rings (SSSR count). The van der Waals surface area contributed by atoms with Gasteiger partial charge >= 0.3 is 0 Å². The summed E-state index contributed by atoms with van der Waals surface area (Å²) in [5, 5.41) is 0. The first-order valence-corrected chi connectivity index (χ1v) is 7.73. The molecule has 1 saturated heterocycles. The Bertz CT molecular complexity index is 559. The van der Waals surface area contributed by atoms with E-state index in [0.29, 0.717) is 19.0 Å². The molecular formula is C13H18FNO3S. The Kier molecular flexibility index (Phi) is 4.10. The average molecular weight is 287 g/mol. The van der Waals surface area contributed by atoms with E-state index < -0.39 is 15.8 Å². The molecule has 0 unspecified atom stereocenters. The smallest absolute Gasteiger partial charge is 0.243 e. The third-order valence-corrected chi connectivity index (χ3v) is 5.24. The monoisotopic (exact) mass is 287 g/mol. The minimum Gasteiger partial charge on any atom is -0.494 e. The van der Waals surface area contributed by atoms with Crippen molar-refractivity contribution in [2.24, 2.45) is 5.92 Å². The van der Waals surface area contributed by atoms with Crippen molar-refractivity contribution >= 4 is 10.0 Å². The zero-order valence-electron chi connectivity index (χ0n) is 11.1. The van der Waals surface area contributed by atoms with Crippen LogP contribution in [0.2, 0.25) is 0 Å². The van der Waals surface area contributed by atoms with Crippen molar-refractivity contribution < 1.29 is 17.5 Å². The first-order chi connectivity index (χ1) is 8.95. The summed E-state index contributed by atoms with van der Waals surface area (Å²) in [4.78, 5) is -0.0140. The van der Waals surface area contributed by atoms with Crippen LogP contribution < -0.4 is 4.74 Å². The molecular weight excluding hydrogens is 269 g/mol. The predicted molar refractivity (Wildman–Crippen MR) is 70.1 cm³/mol. The molecule has 106 valence electrons. The van der Waals surface area contributed by atoms with Gasteiger partial charge in [0.25, 0.3) is 0 Å². The minimum absolute atomic E-state index is 0.0140. The lowest BCUT2D eigenvalue weighted by Crippen LogP contribution is -2.39. The van der Waals surface area contributed by atoms with E-state index in [1.165, 1.54) is 23.5 Å². The Labute approximate surface area is 113 Å². The number of benzene rings is 1. The van der Waals surface area contributed by atoms with Gasteiger partial charge in [0, 0.05) is 13.1 Å². The van der Waals surface area contributed by atoms with Crippen molar-refractivity contribution in [3.05, 3.63) is 24.0 Å². The van der Waals surface area contributed by atoms with Crippen LogP contribution in [0.4, 0.5) is 4.39 Å². The molecule has 0 saturated carbocycles. The molecule has 19 heavy (non-hydrogen) atoms. The maximum absolute atomic E-state index is 13.6. The fraction of sp³-hybridized carbons (Fsp3) is 0.538. The van der Waals surface area contributed by atoms with Gasteiger partial charge in [0.1, 0.15) is 0 Å². The summed E-state index contributed by atoms with van der Waals surface area (Å²) in [5.41, 5.74) is 0. The summed E-state index contributed by atoms with van der Waals surface area (Å²) in [6.07, 6.45) is 1.88. The van der Waals surface area contributed by atoms with Gasteiger partial charge in [-0.25, -0.2) is 12.8 Å². The van der Waals surface area contributed by atoms with E-state index in [1.54, 1.807) is 0 Å². The van der Waals surface area contributed by atoms with Crippen LogP contribution in [0.1, 0.15) is 19.8 Å². The summed E-state index contributed by atoms with van der Waals surface area (Å²) in [5.74, 6) is -0.272. The molecule has 0 radical (unpaired) electrons. The molecule has 1 aromatic carbocycles. The van der Waals surface area contributed by atoms with E-state index >= 15 is 0 Å². The number of piperidine rings is 1. The fourth-order valence-corrected chi connectivity index (χ4v) is 3.93. The zero-order valence-corrected chi connectivity index (χ0v) is 11.9. The summed E-state index contributed by atoms with van der Waals surface area (Å²) in [6, 6.07) is 3.75. The predicted octanol–water partition coefficient (Wildman–Crippen LogP) is 2.25. The van der Waals surface area contributed by atoms with Crippen molar-refractivity contribution in [2.75, 3.05) is 20.2 Å². The van der Waals surface area contributed by atoms with Crippen LogP contribution in [0.5, 0.6) is 5.75 Å². The van der Waals surface area contributed by atoms with Crippen molar-refractivity contribution in [3.8, 4) is 5.75 Å². The molecule has 0 bridgehead atoms. The van der Waals surface area contributed by atoms with Gasteiger partial charge in [-0.2, -0.15) is 4.31 Å². The summed E-state index contributed by atoms with van der Waals surface area (Å²) < 4.78 is 44.6. The van der Waals surface area contributed by atoms with E-state index in [-0.39, 0.29) is 10.6 Å². The van der Waals surface area contributed by atoms with Gasteiger partial charge in [-0.05, 0) is 37.0 Å². The molecule has 1 heterocycles. The third kappa shape index (κ3) is 2.90. The van der Waals surface area contributed by atoms with E-state index in [0.717, 1.165) is 18.9 Å². The normalized spacial score (nSPS) is 21.3. The average Bonchev–Trinajstić information content (AvgIpc) is 2.38. The molecule has 0 amide bonds. The number of methoxy groups -OCH3 is 1. The number of rotatable bonds is 3. The van der Waals surface area contributed by atoms with Crippen molar-refractivity contribution in [3.63, 3.8) is 0 Å². The van der Waals surface area contributed by atoms with E-state index in [9.17, 15) is 12.8 Å². The molecule has 1 atom stereocenters. The van der Waals surface area contributed by atoms with Gasteiger partial charge in [0.05, 0.1) is 12.0 Å². The molecule has 1 aliphatic rings. The van der Waals surface area contributed by atoms with Gasteiger partial charge in [-0.3, -0.25) is 0 Å². The Balaban J connectivity index is 2.31. The molecule has 0 aliphatic carbocycles. The molecule has 0 N–H and O–H groups in total. The highest BCUT2D eigenvalue weighted by Crippen LogP contribution is 2.26. The van der Waals surface area contributed by atoms with Crippen molar-refractivity contribution in [1.82, 2.24) is 4.31 Å². The molecule has 1 fully saturated rings. The van der Waals surface area contributed by atoms with Crippen LogP contribution in [0, 0.1) is 11.7 Å². The fourth-order valence-electron chi connectivity index (χ4n) is 2.32. The zero-order chi connectivity index (χ0) is 14.0. The summed E-state index contributed by atoms with van der Waals surface area (Å²) >= 11 is 0. The minimum atomic E-state index is -3.60. The number of hydrogen-bond donors (Lipinski definition) is 0. The number of ether oxygens (including phenoxy) is 1. The Morgan fingerprint density at radius 2 is 2.16 bits per heavy atom. The molecule has 1 aliphatic heterocycles. The SMILES string of the molecule is COc1ccc(S(=O)(=O)N2CCC[C@H](C)C2)cc1F. The lowest BCUT2D eigenvalue weighted by atomic mass is 10.0. The lowest BCUT2D eigenvalue weighted by Gasteiger charge is -2.30. The number of hydrogen-bond acceptors (Lipinski definition) is 3. The van der Waals surface area contributed by atoms with E-state index in [2.05, 4.69) is 0 Å². The number of nitrogens with zero attached hydrogens (tertiary/aromatic N) is 1. The van der Waals surface area contributed by atoms with E-state index in [4.69, 9.17) is 4.74 Å². The van der Waals surface area contributed by atoms with Crippen LogP contribution in [0.3, 0.4) is 0 Å². The first-order valence-electron chi connectivity index (χ1n) is 6.29. The Morgan fingerprint density at radius 3 is 2.74 bits per heavy atom. The van der Waals surface area contributed by atoms with Crippen LogP contribution in [-0.2, 0) is 10.0 Å². The summed E-state index contributed by atoms with van der Waals surface area (Å²) in [6.45, 7) is 3.02. The third-order valence-electron chi connectivity index (χ3n) is 3.38. The highest BCUT2D eigenvalue weighted by atomic mass is 32.2. The van der Waals surface area contributed by atoms with Crippen molar-refractivity contribution in [2.45, 2.75) is 24.7 Å². The maximum atomic E-state index is 13.6.